The van der Waals surface area contributed by atoms with E-state index in [4.69, 9.17) is 9.47 Å². The van der Waals surface area contributed by atoms with Crippen molar-refractivity contribution in [3.05, 3.63) is 54.6 Å². The Morgan fingerprint density at radius 3 is 2.29 bits per heavy atom. The molecule has 0 spiro atoms. The quantitative estimate of drug-likeness (QED) is 0.740. The average Bonchev–Trinajstić information content (AvgIpc) is 2.61. The highest BCUT2D eigenvalue weighted by molar-refractivity contribution is 8.00. The van der Waals surface area contributed by atoms with Gasteiger partial charge in [0.1, 0.15) is 18.1 Å². The highest BCUT2D eigenvalue weighted by Crippen LogP contribution is 2.22. The molecule has 0 aliphatic carbocycles. The summed E-state index contributed by atoms with van der Waals surface area (Å²) in [6.45, 7) is 4.26. The first-order valence-corrected chi connectivity index (χ1v) is 8.75. The molecule has 0 radical (unpaired) electrons. The molecule has 5 heteroatoms. The number of amides is 1. The second kappa shape index (κ2) is 9.23. The summed E-state index contributed by atoms with van der Waals surface area (Å²) in [5.41, 5.74) is 0. The van der Waals surface area contributed by atoms with Crippen molar-refractivity contribution in [1.29, 1.82) is 0 Å². The van der Waals surface area contributed by atoms with Crippen molar-refractivity contribution in [1.82, 2.24) is 5.32 Å². The van der Waals surface area contributed by atoms with E-state index in [2.05, 4.69) is 5.32 Å². The van der Waals surface area contributed by atoms with E-state index in [0.29, 0.717) is 6.61 Å². The fourth-order valence-electron chi connectivity index (χ4n) is 2.05. The SMILES string of the molecule is COc1ccc(OC[C@H](C)NC(=O)[C@H](C)Sc2ccccc2)cc1. The second-order valence-corrected chi connectivity index (χ2v) is 6.88. The van der Waals surface area contributed by atoms with Crippen molar-refractivity contribution in [2.24, 2.45) is 0 Å². The number of hydrogen-bond acceptors (Lipinski definition) is 4. The van der Waals surface area contributed by atoms with Crippen LogP contribution in [0.2, 0.25) is 0 Å². The third-order valence-corrected chi connectivity index (χ3v) is 4.49. The zero-order valence-electron chi connectivity index (χ0n) is 14.2. The third-order valence-electron chi connectivity index (χ3n) is 3.37. The number of nitrogens with one attached hydrogen (secondary N) is 1. The number of carbonyl (C=O) groups excluding carboxylic acids is 1. The predicted octanol–water partition coefficient (Wildman–Crippen LogP) is 3.76. The fourth-order valence-corrected chi connectivity index (χ4v) is 2.95. The minimum absolute atomic E-state index is 0.00897. The van der Waals surface area contributed by atoms with Gasteiger partial charge in [-0.1, -0.05) is 18.2 Å². The molecular formula is C19H23NO3S. The summed E-state index contributed by atoms with van der Waals surface area (Å²) in [6.07, 6.45) is 0. The monoisotopic (exact) mass is 345 g/mol. The van der Waals surface area contributed by atoms with Gasteiger partial charge in [-0.05, 0) is 50.2 Å². The van der Waals surface area contributed by atoms with Crippen molar-refractivity contribution in [2.45, 2.75) is 30.0 Å². The molecule has 0 aliphatic heterocycles. The molecule has 1 N–H and O–H groups in total. The fraction of sp³-hybridized carbons (Fsp3) is 0.316. The molecule has 2 aromatic carbocycles. The predicted molar refractivity (Wildman–Crippen MR) is 97.9 cm³/mol. The minimum Gasteiger partial charge on any atom is -0.497 e. The number of benzene rings is 2. The molecule has 24 heavy (non-hydrogen) atoms. The van der Waals surface area contributed by atoms with Crippen molar-refractivity contribution in [2.75, 3.05) is 13.7 Å². The van der Waals surface area contributed by atoms with Gasteiger partial charge < -0.3 is 14.8 Å². The molecular weight excluding hydrogens is 322 g/mol. The van der Waals surface area contributed by atoms with E-state index in [1.54, 1.807) is 18.9 Å². The van der Waals surface area contributed by atoms with Gasteiger partial charge >= 0.3 is 0 Å². The Bertz CT molecular complexity index is 631. The van der Waals surface area contributed by atoms with E-state index in [1.165, 1.54) is 0 Å². The second-order valence-electron chi connectivity index (χ2n) is 5.47. The highest BCUT2D eigenvalue weighted by atomic mass is 32.2. The summed E-state index contributed by atoms with van der Waals surface area (Å²) in [6, 6.07) is 17.2. The molecule has 0 aromatic heterocycles. The number of carbonyl (C=O) groups is 1. The number of thioether (sulfide) groups is 1. The Morgan fingerprint density at radius 1 is 1.04 bits per heavy atom. The topological polar surface area (TPSA) is 47.6 Å². The van der Waals surface area contributed by atoms with Gasteiger partial charge in [0.2, 0.25) is 5.91 Å². The van der Waals surface area contributed by atoms with Crippen LogP contribution in [0.5, 0.6) is 11.5 Å². The summed E-state index contributed by atoms with van der Waals surface area (Å²) in [5.74, 6) is 1.55. The maximum Gasteiger partial charge on any atom is 0.233 e. The van der Waals surface area contributed by atoms with Crippen LogP contribution in [0, 0.1) is 0 Å². The molecule has 0 fully saturated rings. The molecule has 4 nitrogen and oxygen atoms in total. The standard InChI is InChI=1S/C19H23NO3S/c1-14(13-23-17-11-9-16(22-3)10-12-17)20-19(21)15(2)24-18-7-5-4-6-8-18/h4-12,14-15H,13H2,1-3H3,(H,20,21)/t14-,15-/m0/s1. The Hall–Kier alpha value is -2.14. The van der Waals surface area contributed by atoms with Gasteiger partial charge in [0.25, 0.3) is 0 Å². The van der Waals surface area contributed by atoms with E-state index in [9.17, 15) is 4.79 Å². The first-order valence-electron chi connectivity index (χ1n) is 7.87. The Labute approximate surface area is 147 Å². The molecule has 0 saturated heterocycles. The van der Waals surface area contributed by atoms with Crippen molar-refractivity contribution >= 4 is 17.7 Å². The van der Waals surface area contributed by atoms with Crippen LogP contribution in [0.3, 0.4) is 0 Å². The smallest absolute Gasteiger partial charge is 0.233 e. The Balaban J connectivity index is 1.76. The maximum atomic E-state index is 12.2. The van der Waals surface area contributed by atoms with Crippen molar-refractivity contribution < 1.29 is 14.3 Å². The van der Waals surface area contributed by atoms with Crippen LogP contribution in [0.4, 0.5) is 0 Å². The molecule has 1 amide bonds. The van der Waals surface area contributed by atoms with Crippen LogP contribution >= 0.6 is 11.8 Å². The van der Waals surface area contributed by atoms with Gasteiger partial charge in [-0.2, -0.15) is 0 Å². The van der Waals surface area contributed by atoms with E-state index >= 15 is 0 Å². The number of rotatable bonds is 8. The summed E-state index contributed by atoms with van der Waals surface area (Å²) in [5, 5.41) is 2.83. The van der Waals surface area contributed by atoms with Gasteiger partial charge in [-0.15, -0.1) is 11.8 Å². The van der Waals surface area contributed by atoms with E-state index < -0.39 is 0 Å². The highest BCUT2D eigenvalue weighted by Gasteiger charge is 2.16. The van der Waals surface area contributed by atoms with Crippen molar-refractivity contribution in [3.63, 3.8) is 0 Å². The summed E-state index contributed by atoms with van der Waals surface area (Å²) >= 11 is 1.55. The van der Waals surface area contributed by atoms with E-state index in [1.807, 2.05) is 68.4 Å². The van der Waals surface area contributed by atoms with Gasteiger partial charge in [-0.3, -0.25) is 4.79 Å². The zero-order valence-corrected chi connectivity index (χ0v) is 15.0. The summed E-state index contributed by atoms with van der Waals surface area (Å²) < 4.78 is 10.8. The molecule has 0 saturated carbocycles. The molecule has 0 bridgehead atoms. The Kier molecular flexibility index (Phi) is 7.00. The van der Waals surface area contributed by atoms with Gasteiger partial charge in [0, 0.05) is 4.90 Å². The van der Waals surface area contributed by atoms with Crippen LogP contribution in [-0.4, -0.2) is 30.9 Å². The molecule has 2 rings (SSSR count). The van der Waals surface area contributed by atoms with E-state index in [0.717, 1.165) is 16.4 Å². The van der Waals surface area contributed by atoms with E-state index in [-0.39, 0.29) is 17.2 Å². The normalized spacial score (nSPS) is 13.0. The number of hydrogen-bond donors (Lipinski definition) is 1. The van der Waals surface area contributed by atoms with Crippen molar-refractivity contribution in [3.8, 4) is 11.5 Å². The first kappa shape index (κ1) is 18.2. The minimum atomic E-state index is -0.157. The molecule has 2 atom stereocenters. The van der Waals surface area contributed by atoms with Crippen LogP contribution in [0.1, 0.15) is 13.8 Å². The summed E-state index contributed by atoms with van der Waals surface area (Å²) in [7, 11) is 1.63. The lowest BCUT2D eigenvalue weighted by atomic mass is 10.3. The van der Waals surface area contributed by atoms with Gasteiger partial charge in [0.15, 0.2) is 0 Å². The third kappa shape index (κ3) is 5.81. The largest absolute Gasteiger partial charge is 0.497 e. The Morgan fingerprint density at radius 2 is 1.67 bits per heavy atom. The van der Waals surface area contributed by atoms with Crippen LogP contribution < -0.4 is 14.8 Å². The number of ether oxygens (including phenoxy) is 2. The lowest BCUT2D eigenvalue weighted by molar-refractivity contribution is -0.121. The lowest BCUT2D eigenvalue weighted by Gasteiger charge is -2.18. The molecule has 0 heterocycles. The van der Waals surface area contributed by atoms with Crippen LogP contribution in [-0.2, 0) is 4.79 Å². The van der Waals surface area contributed by atoms with Gasteiger partial charge in [-0.25, -0.2) is 0 Å². The average molecular weight is 345 g/mol. The lowest BCUT2D eigenvalue weighted by Crippen LogP contribution is -2.40. The summed E-state index contributed by atoms with van der Waals surface area (Å²) in [4.78, 5) is 13.3. The van der Waals surface area contributed by atoms with Crippen LogP contribution in [0.15, 0.2) is 59.5 Å². The van der Waals surface area contributed by atoms with Crippen LogP contribution in [0.25, 0.3) is 0 Å². The number of methoxy groups -OCH3 is 1. The molecule has 2 aromatic rings. The maximum absolute atomic E-state index is 12.2. The molecule has 128 valence electrons. The van der Waals surface area contributed by atoms with Gasteiger partial charge in [0.05, 0.1) is 18.4 Å². The molecule has 0 aliphatic rings. The molecule has 0 unspecified atom stereocenters. The first-order chi connectivity index (χ1) is 11.6. The zero-order chi connectivity index (χ0) is 17.4.